The number of benzene rings is 2. The highest BCUT2D eigenvalue weighted by Crippen LogP contribution is 2.13. The molecule has 0 fully saturated rings. The summed E-state index contributed by atoms with van der Waals surface area (Å²) in [5.74, 6) is 0. The van der Waals surface area contributed by atoms with Crippen molar-refractivity contribution in [3.05, 3.63) is 70.7 Å². The Labute approximate surface area is 126 Å². The van der Waals surface area contributed by atoms with Crippen molar-refractivity contribution in [1.29, 1.82) is 0 Å². The Morgan fingerprint density at radius 1 is 1.00 bits per heavy atom. The van der Waals surface area contributed by atoms with Crippen LogP contribution in [0.25, 0.3) is 0 Å². The van der Waals surface area contributed by atoms with Crippen LogP contribution in [0.4, 0.5) is 0 Å². The third-order valence-corrected chi connectivity index (χ3v) is 3.81. The summed E-state index contributed by atoms with van der Waals surface area (Å²) in [5.41, 5.74) is 8.51. The van der Waals surface area contributed by atoms with Crippen LogP contribution in [0.2, 0.25) is 5.02 Å². The maximum absolute atomic E-state index is 5.94. The summed E-state index contributed by atoms with van der Waals surface area (Å²) >= 11 is 5.91. The molecule has 20 heavy (non-hydrogen) atoms. The average molecular weight is 289 g/mol. The Bertz CT molecular complexity index is 510. The monoisotopic (exact) mass is 288 g/mol. The number of likely N-dealkylation sites (N-methyl/N-ethyl adjacent to an activating group) is 1. The smallest absolute Gasteiger partial charge is 0.0406 e. The van der Waals surface area contributed by atoms with E-state index in [1.54, 1.807) is 0 Å². The van der Waals surface area contributed by atoms with Gasteiger partial charge in [0.1, 0.15) is 0 Å². The van der Waals surface area contributed by atoms with Gasteiger partial charge >= 0.3 is 0 Å². The van der Waals surface area contributed by atoms with Gasteiger partial charge in [-0.15, -0.1) is 0 Å². The second-order valence-corrected chi connectivity index (χ2v) is 5.56. The van der Waals surface area contributed by atoms with Gasteiger partial charge < -0.3 is 5.73 Å². The fraction of sp³-hybridized carbons (Fsp3) is 0.294. The van der Waals surface area contributed by atoms with Crippen molar-refractivity contribution >= 4 is 11.6 Å². The molecule has 0 bridgehead atoms. The molecule has 2 rings (SSSR count). The Balaban J connectivity index is 1.98. The van der Waals surface area contributed by atoms with E-state index in [9.17, 15) is 0 Å². The summed E-state index contributed by atoms with van der Waals surface area (Å²) in [5, 5.41) is 0.774. The molecule has 3 heteroatoms. The molecule has 0 heterocycles. The van der Waals surface area contributed by atoms with E-state index in [1.165, 1.54) is 11.1 Å². The van der Waals surface area contributed by atoms with Crippen LogP contribution in [0.15, 0.2) is 54.6 Å². The summed E-state index contributed by atoms with van der Waals surface area (Å²) in [6.45, 7) is 1.53. The van der Waals surface area contributed by atoms with E-state index in [4.69, 9.17) is 17.3 Å². The molecular weight excluding hydrogens is 268 g/mol. The van der Waals surface area contributed by atoms with Crippen LogP contribution in [0.5, 0.6) is 0 Å². The minimum Gasteiger partial charge on any atom is -0.329 e. The average Bonchev–Trinajstić information content (AvgIpc) is 2.48. The maximum atomic E-state index is 5.94. The van der Waals surface area contributed by atoms with Gasteiger partial charge in [-0.05, 0) is 36.7 Å². The van der Waals surface area contributed by atoms with Crippen LogP contribution in [0.3, 0.4) is 0 Å². The molecule has 2 aromatic carbocycles. The first-order valence-corrected chi connectivity index (χ1v) is 7.25. The molecule has 1 atom stereocenters. The first-order chi connectivity index (χ1) is 9.69. The van der Waals surface area contributed by atoms with E-state index >= 15 is 0 Å². The van der Waals surface area contributed by atoms with Gasteiger partial charge in [0.15, 0.2) is 0 Å². The fourth-order valence-electron chi connectivity index (χ4n) is 2.31. The summed E-state index contributed by atoms with van der Waals surface area (Å²) in [6, 6.07) is 18.8. The van der Waals surface area contributed by atoms with Gasteiger partial charge in [0.25, 0.3) is 0 Å². The number of hydrogen-bond acceptors (Lipinski definition) is 2. The van der Waals surface area contributed by atoms with Crippen LogP contribution in [0.1, 0.15) is 11.1 Å². The zero-order chi connectivity index (χ0) is 14.4. The molecule has 0 saturated heterocycles. The Hall–Kier alpha value is -1.35. The minimum absolute atomic E-state index is 0.341. The lowest BCUT2D eigenvalue weighted by molar-refractivity contribution is 0.237. The van der Waals surface area contributed by atoms with Gasteiger partial charge in [-0.3, -0.25) is 4.90 Å². The summed E-state index contributed by atoms with van der Waals surface area (Å²) in [7, 11) is 2.12. The molecule has 0 aliphatic rings. The Kier molecular flexibility index (Phi) is 5.60. The molecule has 1 unspecified atom stereocenters. The normalized spacial score (nSPS) is 12.6. The summed E-state index contributed by atoms with van der Waals surface area (Å²) < 4.78 is 0. The van der Waals surface area contributed by atoms with Crippen molar-refractivity contribution in [2.75, 3.05) is 13.6 Å². The summed E-state index contributed by atoms with van der Waals surface area (Å²) in [4.78, 5) is 2.30. The van der Waals surface area contributed by atoms with E-state index in [1.807, 2.05) is 18.2 Å². The van der Waals surface area contributed by atoms with Crippen LogP contribution in [-0.2, 0) is 13.0 Å². The molecule has 0 aromatic heterocycles. The van der Waals surface area contributed by atoms with Gasteiger partial charge in [0.05, 0.1) is 0 Å². The van der Waals surface area contributed by atoms with E-state index < -0.39 is 0 Å². The van der Waals surface area contributed by atoms with Crippen LogP contribution < -0.4 is 5.73 Å². The second-order valence-electron chi connectivity index (χ2n) is 5.12. The van der Waals surface area contributed by atoms with Gasteiger partial charge in [-0.2, -0.15) is 0 Å². The van der Waals surface area contributed by atoms with Crippen LogP contribution in [0, 0.1) is 0 Å². The number of halogens is 1. The molecule has 0 saturated carbocycles. The largest absolute Gasteiger partial charge is 0.329 e. The standard InChI is InChI=1S/C17H21ClN2/c1-20(13-15-7-9-16(18)10-8-15)17(12-19)11-14-5-3-2-4-6-14/h2-10,17H,11-13,19H2,1H3. The summed E-state index contributed by atoms with van der Waals surface area (Å²) in [6.07, 6.45) is 0.974. The van der Waals surface area contributed by atoms with Gasteiger partial charge in [0.2, 0.25) is 0 Å². The highest BCUT2D eigenvalue weighted by Gasteiger charge is 2.13. The molecule has 2 aromatic rings. The Morgan fingerprint density at radius 3 is 2.25 bits per heavy atom. The van der Waals surface area contributed by atoms with Crippen LogP contribution in [-0.4, -0.2) is 24.5 Å². The molecule has 106 valence electrons. The lowest BCUT2D eigenvalue weighted by Crippen LogP contribution is -2.39. The van der Waals surface area contributed by atoms with Gasteiger partial charge in [0, 0.05) is 24.2 Å². The number of nitrogens with two attached hydrogens (primary N) is 1. The molecular formula is C17H21ClN2. The zero-order valence-corrected chi connectivity index (χ0v) is 12.6. The van der Waals surface area contributed by atoms with Crippen molar-refractivity contribution in [2.24, 2.45) is 5.73 Å². The topological polar surface area (TPSA) is 29.3 Å². The van der Waals surface area contributed by atoms with Crippen molar-refractivity contribution in [3.8, 4) is 0 Å². The molecule has 2 nitrogen and oxygen atoms in total. The third kappa shape index (κ3) is 4.34. The molecule has 0 spiro atoms. The lowest BCUT2D eigenvalue weighted by Gasteiger charge is -2.27. The third-order valence-electron chi connectivity index (χ3n) is 3.55. The van der Waals surface area contributed by atoms with E-state index in [0.29, 0.717) is 12.6 Å². The van der Waals surface area contributed by atoms with Crippen LogP contribution >= 0.6 is 11.6 Å². The number of rotatable bonds is 6. The first-order valence-electron chi connectivity index (χ1n) is 6.87. The van der Waals surface area contributed by atoms with Gasteiger partial charge in [-0.25, -0.2) is 0 Å². The van der Waals surface area contributed by atoms with Crippen molar-refractivity contribution < 1.29 is 0 Å². The molecule has 0 aliphatic heterocycles. The molecule has 0 aliphatic carbocycles. The van der Waals surface area contributed by atoms with E-state index in [2.05, 4.69) is 48.3 Å². The highest BCUT2D eigenvalue weighted by molar-refractivity contribution is 6.30. The Morgan fingerprint density at radius 2 is 1.65 bits per heavy atom. The molecule has 2 N–H and O–H groups in total. The fourth-order valence-corrected chi connectivity index (χ4v) is 2.44. The predicted molar refractivity (Wildman–Crippen MR) is 85.9 cm³/mol. The second kappa shape index (κ2) is 7.44. The SMILES string of the molecule is CN(Cc1ccc(Cl)cc1)C(CN)Cc1ccccc1. The quantitative estimate of drug-likeness (QED) is 0.883. The number of hydrogen-bond donors (Lipinski definition) is 1. The minimum atomic E-state index is 0.341. The maximum Gasteiger partial charge on any atom is 0.0406 e. The molecule has 0 amide bonds. The van der Waals surface area contributed by atoms with Crippen molar-refractivity contribution in [2.45, 2.75) is 19.0 Å². The highest BCUT2D eigenvalue weighted by atomic mass is 35.5. The van der Waals surface area contributed by atoms with E-state index in [0.717, 1.165) is 18.0 Å². The zero-order valence-electron chi connectivity index (χ0n) is 11.8. The van der Waals surface area contributed by atoms with Gasteiger partial charge in [-0.1, -0.05) is 54.1 Å². The van der Waals surface area contributed by atoms with E-state index in [-0.39, 0.29) is 0 Å². The van der Waals surface area contributed by atoms with Crippen molar-refractivity contribution in [3.63, 3.8) is 0 Å². The number of nitrogens with zero attached hydrogens (tertiary/aromatic N) is 1. The first kappa shape index (κ1) is 15.0. The predicted octanol–water partition coefficient (Wildman–Crippen LogP) is 3.34. The van der Waals surface area contributed by atoms with Crippen molar-refractivity contribution in [1.82, 2.24) is 4.90 Å². The lowest BCUT2D eigenvalue weighted by atomic mass is 10.0. The molecule has 0 radical (unpaired) electrons.